The maximum Gasteiger partial charge on any atom is 0.281 e. The molecule has 0 aliphatic carbocycles. The lowest BCUT2D eigenvalue weighted by molar-refractivity contribution is 0.259. The van der Waals surface area contributed by atoms with Gasteiger partial charge in [-0.3, -0.25) is 4.98 Å². The Balaban J connectivity index is 2.05. The van der Waals surface area contributed by atoms with E-state index >= 15 is 0 Å². The molecule has 1 saturated heterocycles. The van der Waals surface area contributed by atoms with E-state index in [0.29, 0.717) is 0 Å². The Labute approximate surface area is 142 Å². The summed E-state index contributed by atoms with van der Waals surface area (Å²) in [6.07, 6.45) is 2.86. The van der Waals surface area contributed by atoms with Crippen molar-refractivity contribution in [3.8, 4) is 6.07 Å². The third kappa shape index (κ3) is 3.90. The Kier molecular flexibility index (Phi) is 5.89. The van der Waals surface area contributed by atoms with Crippen molar-refractivity contribution in [2.24, 2.45) is 0 Å². The molecule has 1 aromatic heterocycles. The van der Waals surface area contributed by atoms with E-state index in [-0.39, 0.29) is 44.0 Å². The number of sulfonamides is 1. The minimum Gasteiger partial charge on any atom is -0.263 e. The quantitative estimate of drug-likeness (QED) is 0.663. The zero-order valence-electron chi connectivity index (χ0n) is 13.2. The number of aromatic nitrogens is 1. The SMILES string of the molecule is CN(CCC#N)S(=O)(=O)N1CCN(S(=O)(=O)c2cccnc2)CC1. The second-order valence-corrected chi connectivity index (χ2v) is 9.20. The monoisotopic (exact) mass is 373 g/mol. The predicted octanol–water partition coefficient (Wildman–Crippen LogP) is -0.522. The van der Waals surface area contributed by atoms with Crippen molar-refractivity contribution >= 4 is 20.2 Å². The normalized spacial score (nSPS) is 17.7. The van der Waals surface area contributed by atoms with Crippen LogP contribution >= 0.6 is 0 Å². The van der Waals surface area contributed by atoms with E-state index in [9.17, 15) is 16.8 Å². The topological polar surface area (TPSA) is 115 Å². The van der Waals surface area contributed by atoms with Gasteiger partial charge in [0.15, 0.2) is 0 Å². The van der Waals surface area contributed by atoms with Crippen LogP contribution in [0.2, 0.25) is 0 Å². The molecule has 0 N–H and O–H groups in total. The molecule has 0 bridgehead atoms. The number of hydrogen-bond acceptors (Lipinski definition) is 6. The van der Waals surface area contributed by atoms with Crippen LogP contribution in [0.4, 0.5) is 0 Å². The van der Waals surface area contributed by atoms with Gasteiger partial charge in [-0.1, -0.05) is 0 Å². The molecule has 1 aliphatic rings. The molecule has 24 heavy (non-hydrogen) atoms. The highest BCUT2D eigenvalue weighted by molar-refractivity contribution is 7.89. The molecule has 132 valence electrons. The molecule has 9 nitrogen and oxygen atoms in total. The van der Waals surface area contributed by atoms with E-state index < -0.39 is 20.2 Å². The lowest BCUT2D eigenvalue weighted by atomic mass is 10.4. The van der Waals surface area contributed by atoms with E-state index in [1.54, 1.807) is 0 Å². The minimum atomic E-state index is -3.69. The Bertz CT molecular complexity index is 797. The van der Waals surface area contributed by atoms with Crippen LogP contribution in [0.15, 0.2) is 29.4 Å². The smallest absolute Gasteiger partial charge is 0.263 e. The largest absolute Gasteiger partial charge is 0.281 e. The summed E-state index contributed by atoms with van der Waals surface area (Å²) in [5.41, 5.74) is 0. The van der Waals surface area contributed by atoms with Crippen molar-refractivity contribution in [2.75, 3.05) is 39.8 Å². The zero-order chi connectivity index (χ0) is 17.8. The van der Waals surface area contributed by atoms with Gasteiger partial charge in [0.05, 0.1) is 6.07 Å². The summed E-state index contributed by atoms with van der Waals surface area (Å²) in [6.45, 7) is 0.384. The number of hydrogen-bond donors (Lipinski definition) is 0. The third-order valence-electron chi connectivity index (χ3n) is 3.73. The molecule has 2 heterocycles. The molecule has 1 aliphatic heterocycles. The maximum absolute atomic E-state index is 12.5. The summed E-state index contributed by atoms with van der Waals surface area (Å²) in [7, 11) is -5.95. The van der Waals surface area contributed by atoms with Gasteiger partial charge in [-0.05, 0) is 12.1 Å². The van der Waals surface area contributed by atoms with Crippen LogP contribution in [0.25, 0.3) is 0 Å². The highest BCUT2D eigenvalue weighted by Gasteiger charge is 2.34. The molecule has 11 heteroatoms. The fourth-order valence-electron chi connectivity index (χ4n) is 2.31. The van der Waals surface area contributed by atoms with Crippen LogP contribution in [-0.4, -0.2) is 74.5 Å². The average Bonchev–Trinajstić information content (AvgIpc) is 2.60. The van der Waals surface area contributed by atoms with Gasteiger partial charge in [-0.2, -0.15) is 26.6 Å². The molecule has 1 fully saturated rings. The lowest BCUT2D eigenvalue weighted by Crippen LogP contribution is -2.53. The summed E-state index contributed by atoms with van der Waals surface area (Å²) in [4.78, 5) is 3.90. The van der Waals surface area contributed by atoms with Gasteiger partial charge in [-0.15, -0.1) is 0 Å². The van der Waals surface area contributed by atoms with Crippen LogP contribution in [0, 0.1) is 11.3 Å². The molecule has 0 spiro atoms. The number of nitriles is 1. The Morgan fingerprint density at radius 3 is 2.38 bits per heavy atom. The van der Waals surface area contributed by atoms with Gasteiger partial charge in [0, 0.05) is 58.6 Å². The molecular weight excluding hydrogens is 354 g/mol. The first-order chi connectivity index (χ1) is 11.3. The number of piperazine rings is 1. The lowest BCUT2D eigenvalue weighted by Gasteiger charge is -2.35. The van der Waals surface area contributed by atoms with E-state index in [1.807, 2.05) is 6.07 Å². The third-order valence-corrected chi connectivity index (χ3v) is 7.60. The van der Waals surface area contributed by atoms with Crippen molar-refractivity contribution in [1.29, 1.82) is 5.26 Å². The molecule has 0 amide bonds. The van der Waals surface area contributed by atoms with Crippen molar-refractivity contribution in [1.82, 2.24) is 17.9 Å². The molecule has 0 aromatic carbocycles. The van der Waals surface area contributed by atoms with Crippen LogP contribution < -0.4 is 0 Å². The summed E-state index contributed by atoms with van der Waals surface area (Å²) in [5.74, 6) is 0. The molecule has 0 saturated carbocycles. The van der Waals surface area contributed by atoms with E-state index in [0.717, 1.165) is 4.31 Å². The van der Waals surface area contributed by atoms with Gasteiger partial charge < -0.3 is 0 Å². The van der Waals surface area contributed by atoms with Gasteiger partial charge in [0.1, 0.15) is 4.90 Å². The standard InChI is InChI=1S/C13H19N5O4S2/c1-16(7-3-5-14)24(21,22)18-10-8-17(9-11-18)23(19,20)13-4-2-6-15-12-13/h2,4,6,12H,3,7-11H2,1H3. The Hall–Kier alpha value is -1.58. The van der Waals surface area contributed by atoms with Crippen LogP contribution in [0.3, 0.4) is 0 Å². The predicted molar refractivity (Wildman–Crippen MR) is 86.3 cm³/mol. The maximum atomic E-state index is 12.5. The summed E-state index contributed by atoms with van der Waals surface area (Å²) >= 11 is 0. The summed E-state index contributed by atoms with van der Waals surface area (Å²) in [6, 6.07) is 4.90. The molecule has 0 radical (unpaired) electrons. The molecule has 0 unspecified atom stereocenters. The van der Waals surface area contributed by atoms with Crippen molar-refractivity contribution in [3.05, 3.63) is 24.5 Å². The second kappa shape index (κ2) is 7.54. The van der Waals surface area contributed by atoms with Gasteiger partial charge >= 0.3 is 0 Å². The molecule has 2 rings (SSSR count). The van der Waals surface area contributed by atoms with Crippen molar-refractivity contribution < 1.29 is 16.8 Å². The highest BCUT2D eigenvalue weighted by Crippen LogP contribution is 2.18. The van der Waals surface area contributed by atoms with E-state index in [4.69, 9.17) is 5.26 Å². The van der Waals surface area contributed by atoms with Crippen LogP contribution in [0.5, 0.6) is 0 Å². The Morgan fingerprint density at radius 1 is 1.21 bits per heavy atom. The molecule has 1 aromatic rings. The molecule has 0 atom stereocenters. The summed E-state index contributed by atoms with van der Waals surface area (Å²) in [5, 5.41) is 8.56. The summed E-state index contributed by atoms with van der Waals surface area (Å²) < 4.78 is 53.3. The fraction of sp³-hybridized carbons (Fsp3) is 0.538. The number of nitrogens with zero attached hydrogens (tertiary/aromatic N) is 5. The second-order valence-electron chi connectivity index (χ2n) is 5.23. The van der Waals surface area contributed by atoms with Crippen LogP contribution in [0.1, 0.15) is 6.42 Å². The number of rotatable bonds is 6. The van der Waals surface area contributed by atoms with E-state index in [1.165, 1.54) is 40.2 Å². The fourth-order valence-corrected chi connectivity index (χ4v) is 5.04. The minimum absolute atomic E-state index is 0.0682. The van der Waals surface area contributed by atoms with Gasteiger partial charge in [0.2, 0.25) is 10.0 Å². The van der Waals surface area contributed by atoms with Gasteiger partial charge in [-0.25, -0.2) is 8.42 Å². The van der Waals surface area contributed by atoms with E-state index in [2.05, 4.69) is 4.98 Å². The van der Waals surface area contributed by atoms with Crippen molar-refractivity contribution in [3.63, 3.8) is 0 Å². The highest BCUT2D eigenvalue weighted by atomic mass is 32.2. The first-order valence-electron chi connectivity index (χ1n) is 7.28. The van der Waals surface area contributed by atoms with Crippen molar-refractivity contribution in [2.45, 2.75) is 11.3 Å². The first kappa shape index (κ1) is 18.8. The molecular formula is C13H19N5O4S2. The van der Waals surface area contributed by atoms with Crippen LogP contribution in [-0.2, 0) is 20.2 Å². The number of pyridine rings is 1. The van der Waals surface area contributed by atoms with Gasteiger partial charge in [0.25, 0.3) is 10.2 Å². The average molecular weight is 373 g/mol. The Morgan fingerprint density at radius 2 is 1.83 bits per heavy atom. The first-order valence-corrected chi connectivity index (χ1v) is 10.1. The zero-order valence-corrected chi connectivity index (χ0v) is 14.9.